The largest absolute Gasteiger partial charge is 0.459 e. The predicted molar refractivity (Wildman–Crippen MR) is 74.3 cm³/mol. The predicted octanol–water partition coefficient (Wildman–Crippen LogP) is 3.40. The highest BCUT2D eigenvalue weighted by atomic mass is 16.6. The summed E-state index contributed by atoms with van der Waals surface area (Å²) in [5.41, 5.74) is -0.514. The van der Waals surface area contributed by atoms with Crippen molar-refractivity contribution in [3.63, 3.8) is 0 Å². The summed E-state index contributed by atoms with van der Waals surface area (Å²) < 4.78 is 5.51. The van der Waals surface area contributed by atoms with E-state index in [0.29, 0.717) is 5.92 Å². The van der Waals surface area contributed by atoms with Crippen LogP contribution in [-0.2, 0) is 9.53 Å². The Labute approximate surface area is 112 Å². The first-order valence-corrected chi connectivity index (χ1v) is 7.09. The van der Waals surface area contributed by atoms with Crippen molar-refractivity contribution < 1.29 is 14.6 Å². The highest BCUT2D eigenvalue weighted by Gasteiger charge is 2.32. The molecule has 3 nitrogen and oxygen atoms in total. The zero-order chi connectivity index (χ0) is 14.3. The molecule has 0 aliphatic heterocycles. The first kappa shape index (κ1) is 17.4. The number of esters is 1. The number of aliphatic hydroxyl groups excluding tert-OH is 1. The maximum Gasteiger partial charge on any atom is 0.311 e. The van der Waals surface area contributed by atoms with Crippen molar-refractivity contribution in [3.8, 4) is 0 Å². The third-order valence-electron chi connectivity index (χ3n) is 3.53. The van der Waals surface area contributed by atoms with Crippen LogP contribution in [0, 0.1) is 17.3 Å². The molecule has 0 radical (unpaired) electrons. The van der Waals surface area contributed by atoms with Gasteiger partial charge < -0.3 is 9.84 Å². The van der Waals surface area contributed by atoms with Crippen molar-refractivity contribution in [1.82, 2.24) is 0 Å². The van der Waals surface area contributed by atoms with Crippen LogP contribution >= 0.6 is 0 Å². The molecule has 0 aliphatic rings. The number of carbonyl (C=O) groups excluding carboxylic acids is 1. The molecule has 0 rings (SSSR count). The third-order valence-corrected chi connectivity index (χ3v) is 3.53. The van der Waals surface area contributed by atoms with E-state index in [1.54, 1.807) is 0 Å². The molecule has 0 spiro atoms. The zero-order valence-electron chi connectivity index (χ0n) is 12.8. The van der Waals surface area contributed by atoms with Gasteiger partial charge >= 0.3 is 5.97 Å². The fourth-order valence-electron chi connectivity index (χ4n) is 2.05. The molecule has 3 atom stereocenters. The van der Waals surface area contributed by atoms with Crippen LogP contribution in [0.15, 0.2) is 0 Å². The van der Waals surface area contributed by atoms with Crippen LogP contribution in [0.5, 0.6) is 0 Å². The SMILES string of the molecule is CCC[C@@H](C(C)CC)[C@H](CO)OC(=O)C(C)(C)C. The van der Waals surface area contributed by atoms with E-state index in [2.05, 4.69) is 20.8 Å². The molecule has 1 N–H and O–H groups in total. The quantitative estimate of drug-likeness (QED) is 0.712. The van der Waals surface area contributed by atoms with Gasteiger partial charge in [-0.2, -0.15) is 0 Å². The molecule has 108 valence electrons. The lowest BCUT2D eigenvalue weighted by Gasteiger charge is -2.31. The van der Waals surface area contributed by atoms with Gasteiger partial charge in [-0.25, -0.2) is 0 Å². The van der Waals surface area contributed by atoms with E-state index < -0.39 is 5.41 Å². The van der Waals surface area contributed by atoms with Gasteiger partial charge in [0, 0.05) is 5.92 Å². The van der Waals surface area contributed by atoms with Gasteiger partial charge in [0.1, 0.15) is 6.10 Å². The molecule has 0 bridgehead atoms. The first-order valence-electron chi connectivity index (χ1n) is 7.09. The summed E-state index contributed by atoms with van der Waals surface area (Å²) in [6.07, 6.45) is 2.69. The molecule has 0 aromatic rings. The average Bonchev–Trinajstić information content (AvgIpc) is 2.31. The van der Waals surface area contributed by atoms with Crippen molar-refractivity contribution in [2.24, 2.45) is 17.3 Å². The fraction of sp³-hybridized carbons (Fsp3) is 0.933. The van der Waals surface area contributed by atoms with Gasteiger partial charge in [0.15, 0.2) is 0 Å². The Hall–Kier alpha value is -0.570. The van der Waals surface area contributed by atoms with Crippen molar-refractivity contribution >= 4 is 5.97 Å². The van der Waals surface area contributed by atoms with Crippen LogP contribution in [0.25, 0.3) is 0 Å². The monoisotopic (exact) mass is 258 g/mol. The lowest BCUT2D eigenvalue weighted by Crippen LogP contribution is -2.37. The second-order valence-corrected chi connectivity index (χ2v) is 6.21. The summed E-state index contributed by atoms with van der Waals surface area (Å²) in [5.74, 6) is 0.470. The molecule has 0 saturated carbocycles. The standard InChI is InChI=1S/C15H30O3/c1-7-9-12(11(3)8-2)13(10-16)18-14(17)15(4,5)6/h11-13,16H,7-10H2,1-6H3/t11?,12-,13-/m0/s1. The summed E-state index contributed by atoms with van der Waals surface area (Å²) in [5, 5.41) is 9.50. The lowest BCUT2D eigenvalue weighted by atomic mass is 9.83. The number of carbonyl (C=O) groups is 1. The molecule has 0 fully saturated rings. The number of ether oxygens (including phenoxy) is 1. The van der Waals surface area contributed by atoms with E-state index in [1.165, 1.54) is 0 Å². The summed E-state index contributed by atoms with van der Waals surface area (Å²) in [7, 11) is 0. The molecule has 0 aromatic heterocycles. The zero-order valence-corrected chi connectivity index (χ0v) is 12.8. The Kier molecular flexibility index (Phi) is 7.53. The molecule has 0 heterocycles. The van der Waals surface area contributed by atoms with Crippen molar-refractivity contribution in [2.75, 3.05) is 6.61 Å². The summed E-state index contributed by atoms with van der Waals surface area (Å²) in [6, 6.07) is 0. The van der Waals surface area contributed by atoms with Crippen LogP contribution in [0.4, 0.5) is 0 Å². The molecule has 18 heavy (non-hydrogen) atoms. The van der Waals surface area contributed by atoms with E-state index >= 15 is 0 Å². The minimum atomic E-state index is -0.514. The Morgan fingerprint density at radius 1 is 1.28 bits per heavy atom. The van der Waals surface area contributed by atoms with E-state index in [9.17, 15) is 9.90 Å². The van der Waals surface area contributed by atoms with Crippen molar-refractivity contribution in [3.05, 3.63) is 0 Å². The normalized spacial score (nSPS) is 17.1. The highest BCUT2D eigenvalue weighted by molar-refractivity contribution is 5.75. The van der Waals surface area contributed by atoms with Gasteiger partial charge in [-0.15, -0.1) is 0 Å². The number of rotatable bonds is 7. The number of hydrogen-bond donors (Lipinski definition) is 1. The van der Waals surface area contributed by atoms with Gasteiger partial charge in [0.05, 0.1) is 12.0 Å². The number of aliphatic hydroxyl groups is 1. The van der Waals surface area contributed by atoms with Crippen LogP contribution in [-0.4, -0.2) is 23.8 Å². The maximum atomic E-state index is 11.9. The second kappa shape index (κ2) is 7.78. The Bertz CT molecular complexity index is 243. The molecule has 3 heteroatoms. The molecular formula is C15H30O3. The van der Waals surface area contributed by atoms with E-state index in [-0.39, 0.29) is 24.6 Å². The van der Waals surface area contributed by atoms with Gasteiger partial charge in [-0.1, -0.05) is 33.6 Å². The Balaban J connectivity index is 4.75. The summed E-state index contributed by atoms with van der Waals surface area (Å²) in [6.45, 7) is 11.8. The molecule has 0 aromatic carbocycles. The average molecular weight is 258 g/mol. The van der Waals surface area contributed by atoms with Gasteiger partial charge in [-0.05, 0) is 33.1 Å². The molecule has 0 aliphatic carbocycles. The summed E-state index contributed by atoms with van der Waals surface area (Å²) >= 11 is 0. The van der Waals surface area contributed by atoms with Crippen LogP contribution in [0.1, 0.15) is 60.8 Å². The first-order chi connectivity index (χ1) is 8.27. The van der Waals surface area contributed by atoms with Crippen LogP contribution in [0.3, 0.4) is 0 Å². The van der Waals surface area contributed by atoms with Crippen molar-refractivity contribution in [1.29, 1.82) is 0 Å². The minimum Gasteiger partial charge on any atom is -0.459 e. The van der Waals surface area contributed by atoms with Crippen molar-refractivity contribution in [2.45, 2.75) is 66.9 Å². The van der Waals surface area contributed by atoms with Gasteiger partial charge in [-0.3, -0.25) is 4.79 Å². The number of hydrogen-bond acceptors (Lipinski definition) is 3. The van der Waals surface area contributed by atoms with Gasteiger partial charge in [0.2, 0.25) is 0 Å². The van der Waals surface area contributed by atoms with Crippen LogP contribution < -0.4 is 0 Å². The molecular weight excluding hydrogens is 228 g/mol. The molecule has 0 saturated heterocycles. The Morgan fingerprint density at radius 2 is 1.83 bits per heavy atom. The van der Waals surface area contributed by atoms with Gasteiger partial charge in [0.25, 0.3) is 0 Å². The van der Waals surface area contributed by atoms with Crippen LogP contribution in [0.2, 0.25) is 0 Å². The second-order valence-electron chi connectivity index (χ2n) is 6.21. The smallest absolute Gasteiger partial charge is 0.311 e. The highest BCUT2D eigenvalue weighted by Crippen LogP contribution is 2.28. The minimum absolute atomic E-state index is 0.0865. The maximum absolute atomic E-state index is 11.9. The molecule has 0 amide bonds. The summed E-state index contributed by atoms with van der Waals surface area (Å²) in [4.78, 5) is 11.9. The fourth-order valence-corrected chi connectivity index (χ4v) is 2.05. The van der Waals surface area contributed by atoms with E-state index in [0.717, 1.165) is 19.3 Å². The Morgan fingerprint density at radius 3 is 2.17 bits per heavy atom. The topological polar surface area (TPSA) is 46.5 Å². The van der Waals surface area contributed by atoms with E-state index in [4.69, 9.17) is 4.74 Å². The molecule has 1 unspecified atom stereocenters. The third kappa shape index (κ3) is 5.38. The van der Waals surface area contributed by atoms with E-state index in [1.807, 2.05) is 20.8 Å². The lowest BCUT2D eigenvalue weighted by molar-refractivity contribution is -0.165.